The van der Waals surface area contributed by atoms with E-state index in [1.807, 2.05) is 0 Å². The van der Waals surface area contributed by atoms with Crippen molar-refractivity contribution >= 4 is 11.7 Å². The van der Waals surface area contributed by atoms with E-state index in [0.29, 0.717) is 0 Å². The van der Waals surface area contributed by atoms with Gasteiger partial charge in [-0.05, 0) is 6.92 Å². The van der Waals surface area contributed by atoms with Gasteiger partial charge in [-0.25, -0.2) is 0 Å². The molecule has 0 rings (SSSR count). The molecule has 0 aliphatic carbocycles. The molecule has 5 nitrogen and oxygen atoms in total. The van der Waals surface area contributed by atoms with Crippen molar-refractivity contribution in [2.45, 2.75) is 13.0 Å². The normalized spacial score (nSPS) is 12.2. The van der Waals surface area contributed by atoms with Crippen LogP contribution in [0.5, 0.6) is 0 Å². The quantitative estimate of drug-likeness (QED) is 0.463. The molecule has 12 heavy (non-hydrogen) atoms. The van der Waals surface area contributed by atoms with Crippen LogP contribution in [-0.4, -0.2) is 43.0 Å². The third kappa shape index (κ3) is 4.05. The number of hydrogen-bond donors (Lipinski definition) is 3. The summed E-state index contributed by atoms with van der Waals surface area (Å²) in [6.07, 6.45) is 0. The van der Waals surface area contributed by atoms with Gasteiger partial charge in [0.05, 0.1) is 13.2 Å². The Bertz CT molecular complexity index is 170. The minimum absolute atomic E-state index is 0.0719. The summed E-state index contributed by atoms with van der Waals surface area (Å²) in [5.74, 6) is -0.392. The van der Waals surface area contributed by atoms with Gasteiger partial charge < -0.3 is 10.4 Å². The lowest BCUT2D eigenvalue weighted by molar-refractivity contribution is -0.123. The van der Waals surface area contributed by atoms with E-state index in [1.54, 1.807) is 0 Å². The smallest absolute Gasteiger partial charge is 0.239 e. The van der Waals surface area contributed by atoms with Crippen LogP contribution < -0.4 is 10.6 Å². The summed E-state index contributed by atoms with van der Waals surface area (Å²) in [5.41, 5.74) is 0. The predicted octanol–water partition coefficient (Wildman–Crippen LogP) is -1.73. The Labute approximate surface area is 71.1 Å². The number of likely N-dealkylation sites (N-methyl/N-ethyl adjacent to an activating group) is 1. The highest BCUT2D eigenvalue weighted by Crippen LogP contribution is 1.81. The molecule has 0 aliphatic heterocycles. The van der Waals surface area contributed by atoms with Gasteiger partial charge in [0.25, 0.3) is 0 Å². The lowest BCUT2D eigenvalue weighted by Gasteiger charge is -2.12. The number of amides is 1. The fourth-order valence-corrected chi connectivity index (χ4v) is 0.681. The summed E-state index contributed by atoms with van der Waals surface area (Å²) in [6, 6.07) is -0.695. The Morgan fingerprint density at radius 2 is 2.08 bits per heavy atom. The van der Waals surface area contributed by atoms with Gasteiger partial charge in [-0.1, -0.05) is 0 Å². The molecule has 0 aromatic heterocycles. The highest BCUT2D eigenvalue weighted by Gasteiger charge is 2.14. The molecule has 0 radical (unpaired) electrons. The zero-order valence-electron chi connectivity index (χ0n) is 7.26. The molecule has 0 aromatic rings. The van der Waals surface area contributed by atoms with Gasteiger partial charge in [-0.15, -0.1) is 0 Å². The van der Waals surface area contributed by atoms with E-state index in [9.17, 15) is 9.59 Å². The molecule has 5 heteroatoms. The molecule has 3 N–H and O–H groups in total. The number of hydrogen-bond acceptors (Lipinski definition) is 4. The molecule has 0 fully saturated rings. The van der Waals surface area contributed by atoms with Crippen LogP contribution in [0.2, 0.25) is 0 Å². The molecule has 0 saturated heterocycles. The maximum atomic E-state index is 10.9. The minimum atomic E-state index is -0.695. The second kappa shape index (κ2) is 5.68. The average Bonchev–Trinajstić information content (AvgIpc) is 2.04. The third-order valence-electron chi connectivity index (χ3n) is 1.34. The van der Waals surface area contributed by atoms with Crippen LogP contribution in [-0.2, 0) is 9.59 Å². The van der Waals surface area contributed by atoms with E-state index in [1.165, 1.54) is 14.0 Å². The predicted molar refractivity (Wildman–Crippen MR) is 43.6 cm³/mol. The second-order valence-electron chi connectivity index (χ2n) is 2.43. The van der Waals surface area contributed by atoms with Gasteiger partial charge in [0.2, 0.25) is 5.91 Å². The maximum Gasteiger partial charge on any atom is 0.239 e. The van der Waals surface area contributed by atoms with E-state index < -0.39 is 6.04 Å². The summed E-state index contributed by atoms with van der Waals surface area (Å²) in [7, 11) is 1.47. The number of aliphatic hydroxyl groups is 1. The number of ketones is 1. The molecule has 0 saturated carbocycles. The van der Waals surface area contributed by atoms with Crippen LogP contribution in [0.3, 0.4) is 0 Å². The Morgan fingerprint density at radius 1 is 1.50 bits per heavy atom. The number of carbonyl (C=O) groups is 2. The molecule has 1 unspecified atom stereocenters. The van der Waals surface area contributed by atoms with Gasteiger partial charge in [-0.2, -0.15) is 0 Å². The third-order valence-corrected chi connectivity index (χ3v) is 1.34. The molecule has 0 bridgehead atoms. The first kappa shape index (κ1) is 11.1. The van der Waals surface area contributed by atoms with Crippen molar-refractivity contribution in [2.24, 2.45) is 0 Å². The SMILES string of the molecule is CNC(=O)C(CO)NCC(C)=O. The Balaban J connectivity index is 3.83. The van der Waals surface area contributed by atoms with Crippen LogP contribution in [0.15, 0.2) is 0 Å². The summed E-state index contributed by atoms with van der Waals surface area (Å²) in [5, 5.41) is 13.7. The number of carbonyl (C=O) groups excluding carboxylic acids is 2. The van der Waals surface area contributed by atoms with E-state index in [4.69, 9.17) is 5.11 Å². The summed E-state index contributed by atoms with van der Waals surface area (Å²) in [4.78, 5) is 21.4. The van der Waals surface area contributed by atoms with Crippen molar-refractivity contribution in [3.63, 3.8) is 0 Å². The van der Waals surface area contributed by atoms with E-state index >= 15 is 0 Å². The number of nitrogens with one attached hydrogen (secondary N) is 2. The number of rotatable bonds is 5. The molecule has 0 aliphatic rings. The average molecular weight is 174 g/mol. The summed E-state index contributed by atoms with van der Waals surface area (Å²) >= 11 is 0. The summed E-state index contributed by atoms with van der Waals surface area (Å²) in [6.45, 7) is 1.19. The van der Waals surface area contributed by atoms with Gasteiger partial charge >= 0.3 is 0 Å². The molecular weight excluding hydrogens is 160 g/mol. The monoisotopic (exact) mass is 174 g/mol. The largest absolute Gasteiger partial charge is 0.394 e. The molecule has 0 aromatic carbocycles. The molecular formula is C7H14N2O3. The molecule has 70 valence electrons. The molecule has 0 heterocycles. The van der Waals surface area contributed by atoms with Crippen molar-refractivity contribution in [3.05, 3.63) is 0 Å². The number of aliphatic hydroxyl groups excluding tert-OH is 1. The first-order valence-corrected chi connectivity index (χ1v) is 3.67. The molecule has 0 spiro atoms. The Morgan fingerprint density at radius 3 is 2.42 bits per heavy atom. The first-order valence-electron chi connectivity index (χ1n) is 3.67. The Hall–Kier alpha value is -0.940. The van der Waals surface area contributed by atoms with Gasteiger partial charge in [0.15, 0.2) is 0 Å². The lowest BCUT2D eigenvalue weighted by atomic mass is 10.3. The zero-order valence-corrected chi connectivity index (χ0v) is 7.26. The van der Waals surface area contributed by atoms with Gasteiger partial charge in [-0.3, -0.25) is 14.9 Å². The zero-order chi connectivity index (χ0) is 9.56. The van der Waals surface area contributed by atoms with Crippen LogP contribution in [0.1, 0.15) is 6.92 Å². The van der Waals surface area contributed by atoms with Gasteiger partial charge in [0.1, 0.15) is 11.8 Å². The lowest BCUT2D eigenvalue weighted by Crippen LogP contribution is -2.46. The fourth-order valence-electron chi connectivity index (χ4n) is 0.681. The van der Waals surface area contributed by atoms with Crippen LogP contribution in [0, 0.1) is 0 Å². The van der Waals surface area contributed by atoms with Crippen molar-refractivity contribution in [3.8, 4) is 0 Å². The highest BCUT2D eigenvalue weighted by molar-refractivity contribution is 5.83. The fraction of sp³-hybridized carbons (Fsp3) is 0.714. The van der Waals surface area contributed by atoms with Gasteiger partial charge in [0, 0.05) is 7.05 Å². The number of Topliss-reactive ketones (excluding diaryl/α,β-unsaturated/α-hetero) is 1. The molecule has 1 atom stereocenters. The van der Waals surface area contributed by atoms with Crippen LogP contribution >= 0.6 is 0 Å². The molecule has 1 amide bonds. The van der Waals surface area contributed by atoms with Crippen molar-refractivity contribution in [2.75, 3.05) is 20.2 Å². The van der Waals surface area contributed by atoms with Crippen LogP contribution in [0.25, 0.3) is 0 Å². The standard InChI is InChI=1S/C7H14N2O3/c1-5(11)3-9-6(4-10)7(12)8-2/h6,9-10H,3-4H2,1-2H3,(H,8,12). The van der Waals surface area contributed by atoms with Crippen molar-refractivity contribution in [1.29, 1.82) is 0 Å². The van der Waals surface area contributed by atoms with Crippen LogP contribution in [0.4, 0.5) is 0 Å². The van der Waals surface area contributed by atoms with E-state index in [2.05, 4.69) is 10.6 Å². The Kier molecular flexibility index (Phi) is 5.23. The highest BCUT2D eigenvalue weighted by atomic mass is 16.3. The minimum Gasteiger partial charge on any atom is -0.394 e. The van der Waals surface area contributed by atoms with Crippen molar-refractivity contribution in [1.82, 2.24) is 10.6 Å². The maximum absolute atomic E-state index is 10.9. The van der Waals surface area contributed by atoms with E-state index in [-0.39, 0.29) is 24.8 Å². The van der Waals surface area contributed by atoms with E-state index in [0.717, 1.165) is 0 Å². The second-order valence-corrected chi connectivity index (χ2v) is 2.43. The topological polar surface area (TPSA) is 78.4 Å². The first-order chi connectivity index (χ1) is 5.61. The summed E-state index contributed by atoms with van der Waals surface area (Å²) < 4.78 is 0. The van der Waals surface area contributed by atoms with Crippen molar-refractivity contribution < 1.29 is 14.7 Å².